The molecule has 2 aromatic heterocycles. The summed E-state index contributed by atoms with van der Waals surface area (Å²) < 4.78 is 61.9. The molecule has 0 aliphatic carbocycles. The first-order valence-corrected chi connectivity index (χ1v) is 12.5. The zero-order valence-electron chi connectivity index (χ0n) is 19.5. The number of amides is 1. The van der Waals surface area contributed by atoms with Crippen molar-refractivity contribution in [3.8, 4) is 0 Å². The third kappa shape index (κ3) is 4.20. The van der Waals surface area contributed by atoms with Crippen molar-refractivity contribution >= 4 is 27.0 Å². The van der Waals surface area contributed by atoms with Crippen LogP contribution in [0.4, 0.5) is 8.78 Å². The maximum absolute atomic E-state index is 13.9. The van der Waals surface area contributed by atoms with Gasteiger partial charge in [0.1, 0.15) is 16.6 Å². The van der Waals surface area contributed by atoms with Crippen LogP contribution in [0.25, 0.3) is 11.0 Å². The van der Waals surface area contributed by atoms with Crippen molar-refractivity contribution in [1.82, 2.24) is 23.9 Å². The van der Waals surface area contributed by atoms with E-state index in [2.05, 4.69) is 10.1 Å². The molecule has 12 heteroatoms. The van der Waals surface area contributed by atoms with Crippen LogP contribution in [-0.2, 0) is 14.8 Å². The van der Waals surface area contributed by atoms with Crippen LogP contribution in [0.2, 0.25) is 0 Å². The molecular formula is C22H27F2N5O4S. The molecule has 1 fully saturated rings. The molecule has 9 nitrogen and oxygen atoms in total. The van der Waals surface area contributed by atoms with Gasteiger partial charge in [0.15, 0.2) is 17.4 Å². The van der Waals surface area contributed by atoms with Crippen LogP contribution in [0.15, 0.2) is 27.9 Å². The third-order valence-corrected chi connectivity index (χ3v) is 8.28. The van der Waals surface area contributed by atoms with Crippen molar-refractivity contribution in [2.75, 3.05) is 26.2 Å². The highest BCUT2D eigenvalue weighted by molar-refractivity contribution is 7.89. The van der Waals surface area contributed by atoms with Crippen molar-refractivity contribution in [3.05, 3.63) is 41.5 Å². The second kappa shape index (κ2) is 9.06. The average molecular weight is 496 g/mol. The molecule has 34 heavy (non-hydrogen) atoms. The number of carbonyl (C=O) groups is 1. The van der Waals surface area contributed by atoms with Crippen LogP contribution >= 0.6 is 0 Å². The zero-order chi connectivity index (χ0) is 24.8. The Morgan fingerprint density at radius 2 is 1.79 bits per heavy atom. The Morgan fingerprint density at radius 1 is 1.09 bits per heavy atom. The van der Waals surface area contributed by atoms with Gasteiger partial charge in [-0.05, 0) is 26.2 Å². The number of imidazole rings is 1. The molecular weight excluding hydrogens is 468 g/mol. The number of carbonyl (C=O) groups excluding carboxylic acids is 1. The number of nitrogens with zero attached hydrogens (tertiary/aromatic N) is 5. The monoisotopic (exact) mass is 495 g/mol. The molecule has 0 saturated carbocycles. The van der Waals surface area contributed by atoms with Crippen molar-refractivity contribution in [1.29, 1.82) is 0 Å². The predicted molar refractivity (Wildman–Crippen MR) is 119 cm³/mol. The lowest BCUT2D eigenvalue weighted by atomic mass is 10.0. The van der Waals surface area contributed by atoms with Gasteiger partial charge in [0.05, 0.1) is 17.4 Å². The molecule has 1 amide bonds. The van der Waals surface area contributed by atoms with E-state index in [-0.39, 0.29) is 47.6 Å². The summed E-state index contributed by atoms with van der Waals surface area (Å²) in [6.45, 7) is 7.78. The van der Waals surface area contributed by atoms with Gasteiger partial charge in [-0.15, -0.1) is 0 Å². The number of rotatable bonds is 5. The van der Waals surface area contributed by atoms with Gasteiger partial charge < -0.3 is 14.0 Å². The minimum atomic E-state index is -3.82. The molecule has 184 valence electrons. The lowest BCUT2D eigenvalue weighted by Crippen LogP contribution is -2.42. The first-order chi connectivity index (χ1) is 16.0. The highest BCUT2D eigenvalue weighted by Gasteiger charge is 2.35. The molecule has 1 saturated heterocycles. The number of hydrogen-bond acceptors (Lipinski definition) is 6. The summed E-state index contributed by atoms with van der Waals surface area (Å²) in [7, 11) is -3.82. The normalized spacial score (nSPS) is 16.9. The molecule has 1 aliphatic rings. The van der Waals surface area contributed by atoms with E-state index in [4.69, 9.17) is 4.52 Å². The van der Waals surface area contributed by atoms with Crippen LogP contribution in [-0.4, -0.2) is 64.4 Å². The summed E-state index contributed by atoms with van der Waals surface area (Å²) in [5.74, 6) is -2.19. The Kier molecular flexibility index (Phi) is 6.47. The topological polar surface area (TPSA) is 102 Å². The van der Waals surface area contributed by atoms with Gasteiger partial charge in [-0.3, -0.25) is 4.79 Å². The van der Waals surface area contributed by atoms with Crippen LogP contribution in [0.3, 0.4) is 0 Å². The van der Waals surface area contributed by atoms with E-state index in [1.54, 1.807) is 23.3 Å². The number of sulfonamides is 1. The van der Waals surface area contributed by atoms with Crippen molar-refractivity contribution in [2.45, 2.75) is 45.1 Å². The summed E-state index contributed by atoms with van der Waals surface area (Å²) in [6, 6.07) is 1.34. The first kappa shape index (κ1) is 24.3. The van der Waals surface area contributed by atoms with Gasteiger partial charge in [-0.2, -0.15) is 4.31 Å². The molecule has 0 spiro atoms. The van der Waals surface area contributed by atoms with Gasteiger partial charge >= 0.3 is 0 Å². The molecule has 3 aromatic rings. The summed E-state index contributed by atoms with van der Waals surface area (Å²) >= 11 is 0. The lowest BCUT2D eigenvalue weighted by Gasteiger charge is -2.29. The van der Waals surface area contributed by atoms with E-state index in [0.29, 0.717) is 24.2 Å². The minimum Gasteiger partial charge on any atom is -0.360 e. The van der Waals surface area contributed by atoms with Gasteiger partial charge in [-0.1, -0.05) is 19.0 Å². The van der Waals surface area contributed by atoms with Crippen LogP contribution in [0, 0.1) is 31.4 Å². The highest BCUT2D eigenvalue weighted by Crippen LogP contribution is 2.29. The maximum Gasteiger partial charge on any atom is 0.248 e. The lowest BCUT2D eigenvalue weighted by molar-refractivity contribution is -0.135. The summed E-state index contributed by atoms with van der Waals surface area (Å²) in [4.78, 5) is 19.4. The summed E-state index contributed by atoms with van der Waals surface area (Å²) in [6.07, 6.45) is 1.86. The molecule has 4 rings (SSSR count). The first-order valence-electron chi connectivity index (χ1n) is 11.1. The zero-order valence-corrected chi connectivity index (χ0v) is 20.3. The Bertz CT molecular complexity index is 1320. The minimum absolute atomic E-state index is 0.0616. The van der Waals surface area contributed by atoms with Crippen LogP contribution in [0.5, 0.6) is 0 Å². The average Bonchev–Trinajstić information content (AvgIpc) is 3.19. The Balaban J connectivity index is 1.59. The standard InChI is InChI=1S/C22H27F2N5O4S/c1-13(2)20(29-12-25-18-10-16(23)17(24)11-19(18)29)22(30)27-6-5-7-28(9-8-27)34(31,32)21-14(3)26-33-15(21)4/h10-13,20H,5-9H2,1-4H3. The molecule has 3 heterocycles. The van der Waals surface area contributed by atoms with Gasteiger partial charge in [-0.25, -0.2) is 22.2 Å². The van der Waals surface area contributed by atoms with Crippen LogP contribution in [0.1, 0.15) is 37.8 Å². The summed E-state index contributed by atoms with van der Waals surface area (Å²) in [5.41, 5.74) is 0.874. The Hall–Kier alpha value is -2.86. The fourth-order valence-corrected chi connectivity index (χ4v) is 6.24. The fraction of sp³-hybridized carbons (Fsp3) is 0.500. The number of halogens is 2. The number of aryl methyl sites for hydroxylation is 2. The number of hydrogen-bond donors (Lipinski definition) is 0. The van der Waals surface area contributed by atoms with Crippen molar-refractivity contribution in [3.63, 3.8) is 0 Å². The SMILES string of the molecule is Cc1noc(C)c1S(=O)(=O)N1CCCN(C(=O)C(C(C)C)n2cnc3cc(F)c(F)cc32)CC1. The third-order valence-electron chi connectivity index (χ3n) is 6.13. The smallest absolute Gasteiger partial charge is 0.248 e. The second-order valence-electron chi connectivity index (χ2n) is 8.83. The molecule has 1 aliphatic heterocycles. The molecule has 1 unspecified atom stereocenters. The van der Waals surface area contributed by atoms with Crippen LogP contribution < -0.4 is 0 Å². The maximum atomic E-state index is 13.9. The van der Waals surface area contributed by atoms with Gasteiger partial charge in [0.2, 0.25) is 15.9 Å². The predicted octanol–water partition coefficient (Wildman–Crippen LogP) is 3.04. The molecule has 1 aromatic carbocycles. The molecule has 0 bridgehead atoms. The van der Waals surface area contributed by atoms with Crippen molar-refractivity contribution in [2.24, 2.45) is 5.92 Å². The number of aromatic nitrogens is 3. The van der Waals surface area contributed by atoms with E-state index in [0.717, 1.165) is 12.1 Å². The molecule has 0 N–H and O–H groups in total. The number of fused-ring (bicyclic) bond motifs is 1. The van der Waals surface area contributed by atoms with E-state index in [1.165, 1.54) is 10.6 Å². The molecule has 0 radical (unpaired) electrons. The van der Waals surface area contributed by atoms with E-state index in [1.807, 2.05) is 13.8 Å². The Labute approximate surface area is 196 Å². The van der Waals surface area contributed by atoms with Crippen molar-refractivity contribution < 1.29 is 26.5 Å². The summed E-state index contributed by atoms with van der Waals surface area (Å²) in [5, 5.41) is 3.75. The second-order valence-corrected chi connectivity index (χ2v) is 10.7. The van der Waals surface area contributed by atoms with E-state index in [9.17, 15) is 22.0 Å². The molecule has 1 atom stereocenters. The van der Waals surface area contributed by atoms with E-state index >= 15 is 0 Å². The van der Waals surface area contributed by atoms with E-state index < -0.39 is 27.7 Å². The fourth-order valence-electron chi connectivity index (χ4n) is 4.48. The quantitative estimate of drug-likeness (QED) is 0.539. The largest absolute Gasteiger partial charge is 0.360 e. The van der Waals surface area contributed by atoms with Gasteiger partial charge in [0, 0.05) is 38.3 Å². The van der Waals surface area contributed by atoms with Gasteiger partial charge in [0.25, 0.3) is 0 Å². The highest BCUT2D eigenvalue weighted by atomic mass is 32.2. The Morgan fingerprint density at radius 3 is 2.44 bits per heavy atom. The number of benzene rings is 1.